The number of cyclic esters (lactones) is 1. The van der Waals surface area contributed by atoms with Crippen LogP contribution in [0.3, 0.4) is 0 Å². The highest BCUT2D eigenvalue weighted by Gasteiger charge is 2.25. The maximum absolute atomic E-state index is 12.3. The average Bonchev–Trinajstić information content (AvgIpc) is 3.08. The third-order valence-corrected chi connectivity index (χ3v) is 4.07. The Morgan fingerprint density at radius 3 is 2.21 bits per heavy atom. The third kappa shape index (κ3) is 4.68. The van der Waals surface area contributed by atoms with Crippen LogP contribution in [0.25, 0.3) is 6.08 Å². The Morgan fingerprint density at radius 1 is 0.931 bits per heavy atom. The molecule has 152 valence electrons. The van der Waals surface area contributed by atoms with Crippen LogP contribution in [0.5, 0.6) is 23.0 Å². The molecule has 0 fully saturated rings. The summed E-state index contributed by atoms with van der Waals surface area (Å²) in [7, 11) is 4.66. The van der Waals surface area contributed by atoms with Gasteiger partial charge in [0.1, 0.15) is 11.5 Å². The molecule has 1 aliphatic rings. The Bertz CT molecular complexity index is 955. The average molecular weight is 397 g/mol. The third-order valence-electron chi connectivity index (χ3n) is 4.07. The minimum atomic E-state index is -0.539. The molecule has 7 nitrogen and oxygen atoms in total. The monoisotopic (exact) mass is 397 g/mol. The second-order valence-electron chi connectivity index (χ2n) is 6.51. The highest BCUT2D eigenvalue weighted by atomic mass is 16.6. The van der Waals surface area contributed by atoms with E-state index in [0.29, 0.717) is 28.6 Å². The second kappa shape index (κ2) is 8.68. The van der Waals surface area contributed by atoms with Gasteiger partial charge in [0.2, 0.25) is 5.90 Å². The number of aliphatic imine (C=N–C) groups is 1. The number of hydrogen-bond donors (Lipinski definition) is 0. The van der Waals surface area contributed by atoms with Gasteiger partial charge in [0.25, 0.3) is 0 Å². The van der Waals surface area contributed by atoms with Crippen molar-refractivity contribution < 1.29 is 28.5 Å². The van der Waals surface area contributed by atoms with E-state index in [4.69, 9.17) is 23.7 Å². The lowest BCUT2D eigenvalue weighted by molar-refractivity contribution is -0.129. The van der Waals surface area contributed by atoms with Crippen LogP contribution in [-0.2, 0) is 9.53 Å². The molecule has 1 aliphatic heterocycles. The number of benzene rings is 2. The molecule has 0 bridgehead atoms. The molecule has 0 aromatic heterocycles. The van der Waals surface area contributed by atoms with E-state index in [1.807, 2.05) is 19.9 Å². The summed E-state index contributed by atoms with van der Waals surface area (Å²) in [4.78, 5) is 16.6. The lowest BCUT2D eigenvalue weighted by Gasteiger charge is -2.13. The lowest BCUT2D eigenvalue weighted by Crippen LogP contribution is -2.06. The van der Waals surface area contributed by atoms with Gasteiger partial charge in [-0.2, -0.15) is 0 Å². The molecule has 2 aromatic carbocycles. The van der Waals surface area contributed by atoms with Gasteiger partial charge in [0, 0.05) is 11.6 Å². The number of esters is 1. The van der Waals surface area contributed by atoms with E-state index < -0.39 is 5.97 Å². The van der Waals surface area contributed by atoms with Crippen LogP contribution in [0.15, 0.2) is 47.1 Å². The van der Waals surface area contributed by atoms with Crippen LogP contribution in [0, 0.1) is 0 Å². The van der Waals surface area contributed by atoms with Crippen molar-refractivity contribution in [1.82, 2.24) is 0 Å². The molecule has 3 rings (SSSR count). The van der Waals surface area contributed by atoms with Crippen LogP contribution in [0.4, 0.5) is 0 Å². The SMILES string of the molecule is COc1cc(OC)cc(C2=N/C(=C\c3ccc(OC(C)C)c(OC)c3)C(=O)O2)c1. The molecular formula is C22H23NO6. The van der Waals surface area contributed by atoms with Crippen molar-refractivity contribution in [2.45, 2.75) is 20.0 Å². The van der Waals surface area contributed by atoms with E-state index in [2.05, 4.69) is 4.99 Å². The smallest absolute Gasteiger partial charge is 0.363 e. The van der Waals surface area contributed by atoms with Crippen molar-refractivity contribution in [2.75, 3.05) is 21.3 Å². The van der Waals surface area contributed by atoms with Crippen molar-refractivity contribution in [3.05, 3.63) is 53.2 Å². The van der Waals surface area contributed by atoms with E-state index >= 15 is 0 Å². The summed E-state index contributed by atoms with van der Waals surface area (Å²) < 4.78 is 26.9. The number of rotatable bonds is 7. The second-order valence-corrected chi connectivity index (χ2v) is 6.51. The molecule has 0 saturated carbocycles. The summed E-state index contributed by atoms with van der Waals surface area (Å²) in [5.74, 6) is 1.99. The summed E-state index contributed by atoms with van der Waals surface area (Å²) >= 11 is 0. The molecule has 0 amide bonds. The first kappa shape index (κ1) is 20.3. The largest absolute Gasteiger partial charge is 0.497 e. The molecule has 0 radical (unpaired) electrons. The zero-order chi connectivity index (χ0) is 21.0. The van der Waals surface area contributed by atoms with Gasteiger partial charge in [-0.1, -0.05) is 6.07 Å². The Balaban J connectivity index is 1.93. The van der Waals surface area contributed by atoms with Crippen LogP contribution < -0.4 is 18.9 Å². The van der Waals surface area contributed by atoms with Crippen molar-refractivity contribution in [3.8, 4) is 23.0 Å². The molecular weight excluding hydrogens is 374 g/mol. The van der Waals surface area contributed by atoms with E-state index in [0.717, 1.165) is 5.56 Å². The maximum atomic E-state index is 12.3. The molecule has 0 spiro atoms. The Hall–Kier alpha value is -3.48. The van der Waals surface area contributed by atoms with Gasteiger partial charge in [-0.15, -0.1) is 0 Å². The fourth-order valence-corrected chi connectivity index (χ4v) is 2.75. The van der Waals surface area contributed by atoms with Crippen LogP contribution in [0.2, 0.25) is 0 Å². The number of carbonyl (C=O) groups is 1. The minimum absolute atomic E-state index is 0.0185. The van der Waals surface area contributed by atoms with Crippen molar-refractivity contribution in [3.63, 3.8) is 0 Å². The van der Waals surface area contributed by atoms with E-state index in [-0.39, 0.29) is 17.7 Å². The van der Waals surface area contributed by atoms with Gasteiger partial charge in [-0.3, -0.25) is 0 Å². The molecule has 2 aromatic rings. The normalized spacial score (nSPS) is 14.6. The van der Waals surface area contributed by atoms with Gasteiger partial charge in [0.15, 0.2) is 17.2 Å². The first-order chi connectivity index (χ1) is 13.9. The maximum Gasteiger partial charge on any atom is 0.363 e. The summed E-state index contributed by atoms with van der Waals surface area (Å²) in [5.41, 5.74) is 1.50. The van der Waals surface area contributed by atoms with Gasteiger partial charge >= 0.3 is 5.97 Å². The molecule has 1 heterocycles. The van der Waals surface area contributed by atoms with Crippen LogP contribution in [-0.4, -0.2) is 39.3 Å². The van der Waals surface area contributed by atoms with Crippen molar-refractivity contribution in [1.29, 1.82) is 0 Å². The fourth-order valence-electron chi connectivity index (χ4n) is 2.75. The molecule has 7 heteroatoms. The van der Waals surface area contributed by atoms with Gasteiger partial charge in [0.05, 0.1) is 27.4 Å². The predicted molar refractivity (Wildman–Crippen MR) is 109 cm³/mol. The summed E-state index contributed by atoms with van der Waals surface area (Å²) in [5, 5.41) is 0. The number of nitrogens with zero attached hydrogens (tertiary/aromatic N) is 1. The van der Waals surface area contributed by atoms with E-state index in [1.54, 1.807) is 57.7 Å². The number of ether oxygens (including phenoxy) is 5. The summed E-state index contributed by atoms with van der Waals surface area (Å²) in [6.07, 6.45) is 1.65. The van der Waals surface area contributed by atoms with E-state index in [1.165, 1.54) is 0 Å². The first-order valence-electron chi connectivity index (χ1n) is 9.04. The molecule has 0 N–H and O–H groups in total. The summed E-state index contributed by atoms with van der Waals surface area (Å²) in [6.45, 7) is 3.88. The van der Waals surface area contributed by atoms with E-state index in [9.17, 15) is 4.79 Å². The Labute approximate surface area is 169 Å². The Morgan fingerprint density at radius 2 is 1.62 bits per heavy atom. The van der Waals surface area contributed by atoms with Crippen LogP contribution >= 0.6 is 0 Å². The number of carbonyl (C=O) groups excluding carboxylic acids is 1. The Kier molecular flexibility index (Phi) is 6.07. The molecule has 0 unspecified atom stereocenters. The molecule has 0 atom stereocenters. The highest BCUT2D eigenvalue weighted by Crippen LogP contribution is 2.31. The molecule has 29 heavy (non-hydrogen) atoms. The van der Waals surface area contributed by atoms with Crippen molar-refractivity contribution in [2.24, 2.45) is 4.99 Å². The molecule has 0 aliphatic carbocycles. The van der Waals surface area contributed by atoms with Gasteiger partial charge in [-0.25, -0.2) is 9.79 Å². The highest BCUT2D eigenvalue weighted by molar-refractivity contribution is 6.13. The first-order valence-corrected chi connectivity index (χ1v) is 9.04. The standard InChI is InChI=1S/C22H23NO6/c1-13(2)28-19-7-6-14(9-20(19)27-5)8-18-22(24)29-21(23-18)15-10-16(25-3)12-17(11-15)26-4/h6-13H,1-5H3/b18-8-. The number of methoxy groups -OCH3 is 3. The van der Waals surface area contributed by atoms with Gasteiger partial charge < -0.3 is 23.7 Å². The quantitative estimate of drug-likeness (QED) is 0.522. The fraction of sp³-hybridized carbons (Fsp3) is 0.273. The number of hydrogen-bond acceptors (Lipinski definition) is 7. The zero-order valence-corrected chi connectivity index (χ0v) is 17.0. The molecule has 0 saturated heterocycles. The van der Waals surface area contributed by atoms with Crippen molar-refractivity contribution >= 4 is 17.9 Å². The minimum Gasteiger partial charge on any atom is -0.497 e. The summed E-state index contributed by atoms with van der Waals surface area (Å²) in [6, 6.07) is 10.6. The zero-order valence-electron chi connectivity index (χ0n) is 17.0. The predicted octanol–water partition coefficient (Wildman–Crippen LogP) is 3.84. The lowest BCUT2D eigenvalue weighted by atomic mass is 10.1. The van der Waals surface area contributed by atoms with Crippen LogP contribution in [0.1, 0.15) is 25.0 Å². The topological polar surface area (TPSA) is 75.6 Å². The van der Waals surface area contributed by atoms with Gasteiger partial charge in [-0.05, 0) is 49.8 Å².